The molecule has 0 saturated heterocycles. The van der Waals surface area contributed by atoms with Crippen LogP contribution in [0.4, 0.5) is 0 Å². The van der Waals surface area contributed by atoms with Crippen molar-refractivity contribution in [2.45, 2.75) is 53.6 Å². The Morgan fingerprint density at radius 2 is 1.64 bits per heavy atom. The van der Waals surface area contributed by atoms with Crippen LogP contribution in [0.1, 0.15) is 41.5 Å². The van der Waals surface area contributed by atoms with Gasteiger partial charge in [0.2, 0.25) is 0 Å². The van der Waals surface area contributed by atoms with Crippen molar-refractivity contribution in [1.82, 2.24) is 4.90 Å². The van der Waals surface area contributed by atoms with E-state index < -0.39 is 0 Å². The molecule has 0 aromatic carbocycles. The molecule has 0 aromatic heterocycles. The molecule has 0 aliphatic rings. The first-order valence-electron chi connectivity index (χ1n) is 5.30. The molecule has 2 nitrogen and oxygen atoms in total. The van der Waals surface area contributed by atoms with Crippen LogP contribution in [-0.4, -0.2) is 29.9 Å². The van der Waals surface area contributed by atoms with Gasteiger partial charge < -0.3 is 4.90 Å². The number of likely N-dealkylation sites (N-methyl/N-ethyl adjacent to an activating group) is 1. The number of hydrogen-bond acceptors (Lipinski definition) is 1. The highest BCUT2D eigenvalue weighted by atomic mass is 15.2. The highest BCUT2D eigenvalue weighted by Gasteiger charge is 2.07. The second-order valence-corrected chi connectivity index (χ2v) is 4.51. The van der Waals surface area contributed by atoms with Gasteiger partial charge in [-0.3, -0.25) is 4.99 Å². The maximum Gasteiger partial charge on any atom is 0.123 e. The lowest BCUT2D eigenvalue weighted by atomic mass is 10.2. The molecule has 0 saturated carbocycles. The van der Waals surface area contributed by atoms with Gasteiger partial charge in [0.15, 0.2) is 0 Å². The second kappa shape index (κ2) is 5.84. The van der Waals surface area contributed by atoms with E-state index in [0.717, 1.165) is 5.84 Å². The Labute approximate surface area is 88.7 Å². The fourth-order valence-corrected chi connectivity index (χ4v) is 1.02. The summed E-state index contributed by atoms with van der Waals surface area (Å²) in [6.45, 7) is 12.8. The third kappa shape index (κ3) is 5.05. The largest absolute Gasteiger partial charge is 0.358 e. The van der Waals surface area contributed by atoms with E-state index in [0.29, 0.717) is 12.1 Å². The summed E-state index contributed by atoms with van der Waals surface area (Å²) in [4.78, 5) is 6.81. The maximum absolute atomic E-state index is 4.60. The topological polar surface area (TPSA) is 15.6 Å². The lowest BCUT2D eigenvalue weighted by molar-refractivity contribution is 0.416. The molecule has 0 unspecified atom stereocenters. The third-order valence-electron chi connectivity index (χ3n) is 1.94. The number of hydrogen-bond donors (Lipinski definition) is 0. The van der Waals surface area contributed by atoms with Gasteiger partial charge in [-0.05, 0) is 47.6 Å². The summed E-state index contributed by atoms with van der Waals surface area (Å²) in [7, 11) is 2.09. The fourth-order valence-electron chi connectivity index (χ4n) is 1.02. The van der Waals surface area contributed by atoms with Crippen LogP contribution in [0.25, 0.3) is 0 Å². The Kier molecular flexibility index (Phi) is 5.51. The smallest absolute Gasteiger partial charge is 0.123 e. The van der Waals surface area contributed by atoms with Crippen molar-refractivity contribution in [3.8, 4) is 0 Å². The van der Waals surface area contributed by atoms with Crippen LogP contribution in [0, 0.1) is 0 Å². The standard InChI is InChI=1S/C12H24N2/c1-9(2)8-12(13-10(3)4)14(7)11(5)6/h8,10-11H,1-7H3. The molecule has 2 heteroatoms. The zero-order valence-electron chi connectivity index (χ0n) is 10.6. The molecular weight excluding hydrogens is 172 g/mol. The van der Waals surface area contributed by atoms with E-state index in [2.05, 4.69) is 64.6 Å². The average Bonchev–Trinajstić information content (AvgIpc) is 1.99. The van der Waals surface area contributed by atoms with Crippen molar-refractivity contribution in [2.75, 3.05) is 7.05 Å². The Morgan fingerprint density at radius 3 is 1.93 bits per heavy atom. The van der Waals surface area contributed by atoms with Gasteiger partial charge in [0.1, 0.15) is 5.84 Å². The molecule has 0 spiro atoms. The molecule has 0 radical (unpaired) electrons. The number of nitrogens with zero attached hydrogens (tertiary/aromatic N) is 2. The summed E-state index contributed by atoms with van der Waals surface area (Å²) in [5.41, 5.74) is 1.29. The summed E-state index contributed by atoms with van der Waals surface area (Å²) < 4.78 is 0. The van der Waals surface area contributed by atoms with Crippen LogP contribution in [0.15, 0.2) is 16.6 Å². The van der Waals surface area contributed by atoms with Gasteiger partial charge in [-0.1, -0.05) is 5.57 Å². The molecule has 82 valence electrons. The second-order valence-electron chi connectivity index (χ2n) is 4.51. The Morgan fingerprint density at radius 1 is 1.14 bits per heavy atom. The summed E-state index contributed by atoms with van der Waals surface area (Å²) in [6.07, 6.45) is 2.14. The predicted molar refractivity (Wildman–Crippen MR) is 64.9 cm³/mol. The van der Waals surface area contributed by atoms with Crippen molar-refractivity contribution in [3.05, 3.63) is 11.6 Å². The van der Waals surface area contributed by atoms with Crippen molar-refractivity contribution < 1.29 is 0 Å². The zero-order valence-corrected chi connectivity index (χ0v) is 10.6. The summed E-state index contributed by atoms with van der Waals surface area (Å²) in [6, 6.07) is 0.838. The summed E-state index contributed by atoms with van der Waals surface area (Å²) in [5.74, 6) is 1.08. The molecular formula is C12H24N2. The number of amidine groups is 1. The minimum Gasteiger partial charge on any atom is -0.358 e. The predicted octanol–water partition coefficient (Wildman–Crippen LogP) is 3.10. The van der Waals surface area contributed by atoms with E-state index in [1.807, 2.05) is 0 Å². The van der Waals surface area contributed by atoms with Gasteiger partial charge in [-0.25, -0.2) is 0 Å². The molecule has 0 atom stereocenters. The highest BCUT2D eigenvalue weighted by molar-refractivity contribution is 5.93. The van der Waals surface area contributed by atoms with Crippen LogP contribution in [0.5, 0.6) is 0 Å². The van der Waals surface area contributed by atoms with E-state index >= 15 is 0 Å². The van der Waals surface area contributed by atoms with Crippen LogP contribution in [0.2, 0.25) is 0 Å². The summed E-state index contributed by atoms with van der Waals surface area (Å²) >= 11 is 0. The van der Waals surface area contributed by atoms with Gasteiger partial charge in [0.05, 0.1) is 0 Å². The van der Waals surface area contributed by atoms with E-state index in [9.17, 15) is 0 Å². The van der Waals surface area contributed by atoms with E-state index in [-0.39, 0.29) is 0 Å². The minimum absolute atomic E-state index is 0.349. The molecule has 0 fully saturated rings. The summed E-state index contributed by atoms with van der Waals surface area (Å²) in [5, 5.41) is 0. The van der Waals surface area contributed by atoms with Gasteiger partial charge >= 0.3 is 0 Å². The number of allylic oxidation sites excluding steroid dienone is 1. The SMILES string of the molecule is CC(C)=CC(=NC(C)C)N(C)C(C)C. The Hall–Kier alpha value is -0.790. The normalized spacial score (nSPS) is 12.2. The fraction of sp³-hybridized carbons (Fsp3) is 0.750. The lowest BCUT2D eigenvalue weighted by Gasteiger charge is -2.24. The highest BCUT2D eigenvalue weighted by Crippen LogP contribution is 2.03. The zero-order chi connectivity index (χ0) is 11.3. The molecule has 14 heavy (non-hydrogen) atoms. The van der Waals surface area contributed by atoms with Gasteiger partial charge in [-0.2, -0.15) is 0 Å². The molecule has 0 aromatic rings. The molecule has 0 aliphatic heterocycles. The van der Waals surface area contributed by atoms with Crippen LogP contribution >= 0.6 is 0 Å². The molecule has 0 rings (SSSR count). The number of rotatable bonds is 3. The van der Waals surface area contributed by atoms with Crippen molar-refractivity contribution in [1.29, 1.82) is 0 Å². The first-order valence-corrected chi connectivity index (χ1v) is 5.30. The molecule has 0 aliphatic carbocycles. The Bertz CT molecular complexity index is 220. The molecule has 0 amide bonds. The van der Waals surface area contributed by atoms with E-state index in [1.165, 1.54) is 5.57 Å². The van der Waals surface area contributed by atoms with Gasteiger partial charge in [0, 0.05) is 19.1 Å². The first kappa shape index (κ1) is 13.2. The minimum atomic E-state index is 0.349. The van der Waals surface area contributed by atoms with Gasteiger partial charge in [0.25, 0.3) is 0 Å². The van der Waals surface area contributed by atoms with E-state index in [1.54, 1.807) is 0 Å². The number of aliphatic imine (C=N–C) groups is 1. The van der Waals surface area contributed by atoms with Gasteiger partial charge in [-0.15, -0.1) is 0 Å². The van der Waals surface area contributed by atoms with Crippen LogP contribution < -0.4 is 0 Å². The van der Waals surface area contributed by atoms with Crippen LogP contribution in [0.3, 0.4) is 0 Å². The first-order chi connectivity index (χ1) is 6.34. The molecule has 0 N–H and O–H groups in total. The monoisotopic (exact) mass is 196 g/mol. The molecule has 0 bridgehead atoms. The quantitative estimate of drug-likeness (QED) is 0.500. The average molecular weight is 196 g/mol. The molecule has 0 heterocycles. The third-order valence-corrected chi connectivity index (χ3v) is 1.94. The lowest BCUT2D eigenvalue weighted by Crippen LogP contribution is -2.32. The van der Waals surface area contributed by atoms with Crippen molar-refractivity contribution in [2.24, 2.45) is 4.99 Å². The van der Waals surface area contributed by atoms with Crippen molar-refractivity contribution >= 4 is 5.84 Å². The van der Waals surface area contributed by atoms with E-state index in [4.69, 9.17) is 0 Å². The maximum atomic E-state index is 4.60. The van der Waals surface area contributed by atoms with Crippen LogP contribution in [-0.2, 0) is 0 Å². The Balaban J connectivity index is 4.82. The van der Waals surface area contributed by atoms with Crippen molar-refractivity contribution in [3.63, 3.8) is 0 Å².